The molecule has 2 aromatic carbocycles. The number of nitrogens with zero attached hydrogens (tertiary/aromatic N) is 3. The van der Waals surface area contributed by atoms with E-state index in [1.54, 1.807) is 7.11 Å². The fraction of sp³-hybridized carbons (Fsp3) is 0.118. The van der Waals surface area contributed by atoms with Crippen molar-refractivity contribution in [2.45, 2.75) is 6.42 Å². The lowest BCUT2D eigenvalue weighted by Crippen LogP contribution is -2.20. The summed E-state index contributed by atoms with van der Waals surface area (Å²) in [5, 5.41) is 5.76. The standard InChI is InChI=1S/C17H14N4O2/c1-23-12-8-6-11(7-9-12)15-10-16(22)21(20-15)17-18-13-4-2-3-5-14(13)19-17/h2-9H,10H2,1H3,(H,18,19). The van der Waals surface area contributed by atoms with Crippen molar-refractivity contribution in [3.63, 3.8) is 0 Å². The first-order valence-corrected chi connectivity index (χ1v) is 7.24. The molecule has 23 heavy (non-hydrogen) atoms. The van der Waals surface area contributed by atoms with Crippen LogP contribution >= 0.6 is 0 Å². The number of para-hydroxylation sites is 2. The second kappa shape index (κ2) is 5.24. The molecule has 1 aromatic heterocycles. The lowest BCUT2D eigenvalue weighted by molar-refractivity contribution is -0.117. The monoisotopic (exact) mass is 306 g/mol. The van der Waals surface area contributed by atoms with E-state index in [1.165, 1.54) is 5.01 Å². The van der Waals surface area contributed by atoms with Gasteiger partial charge in [-0.25, -0.2) is 4.98 Å². The number of rotatable bonds is 3. The summed E-state index contributed by atoms with van der Waals surface area (Å²) in [5.41, 5.74) is 3.31. The Balaban J connectivity index is 1.68. The molecule has 6 nitrogen and oxygen atoms in total. The molecule has 4 rings (SSSR count). The molecule has 0 aliphatic carbocycles. The van der Waals surface area contributed by atoms with E-state index in [1.807, 2.05) is 48.5 Å². The first kappa shape index (κ1) is 13.5. The van der Waals surface area contributed by atoms with Gasteiger partial charge in [-0.15, -0.1) is 0 Å². The second-order valence-electron chi connectivity index (χ2n) is 5.24. The smallest absolute Gasteiger partial charge is 0.256 e. The highest BCUT2D eigenvalue weighted by Crippen LogP contribution is 2.23. The van der Waals surface area contributed by atoms with Crippen molar-refractivity contribution >= 4 is 28.6 Å². The number of methoxy groups -OCH3 is 1. The van der Waals surface area contributed by atoms with E-state index in [0.29, 0.717) is 5.95 Å². The summed E-state index contributed by atoms with van der Waals surface area (Å²) < 4.78 is 5.14. The highest BCUT2D eigenvalue weighted by atomic mass is 16.5. The Bertz CT molecular complexity index is 879. The molecule has 2 heterocycles. The minimum absolute atomic E-state index is 0.102. The van der Waals surface area contributed by atoms with Crippen molar-refractivity contribution in [2.75, 3.05) is 12.1 Å². The second-order valence-corrected chi connectivity index (χ2v) is 5.24. The first-order valence-electron chi connectivity index (χ1n) is 7.24. The predicted octanol–water partition coefficient (Wildman–Crippen LogP) is 2.71. The van der Waals surface area contributed by atoms with Crippen molar-refractivity contribution in [3.05, 3.63) is 54.1 Å². The molecule has 0 atom stereocenters. The van der Waals surface area contributed by atoms with Crippen LogP contribution in [0, 0.1) is 0 Å². The summed E-state index contributed by atoms with van der Waals surface area (Å²) in [6.45, 7) is 0. The number of carbonyl (C=O) groups excluding carboxylic acids is 1. The quantitative estimate of drug-likeness (QED) is 0.808. The lowest BCUT2D eigenvalue weighted by atomic mass is 10.1. The van der Waals surface area contributed by atoms with Crippen molar-refractivity contribution < 1.29 is 9.53 Å². The molecule has 0 unspecified atom stereocenters. The zero-order valence-electron chi connectivity index (χ0n) is 12.5. The Morgan fingerprint density at radius 2 is 1.91 bits per heavy atom. The van der Waals surface area contributed by atoms with E-state index in [0.717, 1.165) is 28.1 Å². The van der Waals surface area contributed by atoms with Crippen LogP contribution in [0.2, 0.25) is 0 Å². The van der Waals surface area contributed by atoms with Gasteiger partial charge in [-0.1, -0.05) is 12.1 Å². The third-order valence-corrected chi connectivity index (χ3v) is 3.78. The number of anilines is 1. The molecule has 0 saturated carbocycles. The molecular weight excluding hydrogens is 292 g/mol. The van der Waals surface area contributed by atoms with Crippen LogP contribution in [0.1, 0.15) is 12.0 Å². The Labute approximate surface area is 132 Å². The van der Waals surface area contributed by atoms with Crippen LogP contribution in [0.4, 0.5) is 5.95 Å². The van der Waals surface area contributed by atoms with Crippen LogP contribution in [0.5, 0.6) is 5.75 Å². The Morgan fingerprint density at radius 3 is 2.65 bits per heavy atom. The van der Waals surface area contributed by atoms with Gasteiger partial charge in [0.05, 0.1) is 30.3 Å². The lowest BCUT2D eigenvalue weighted by Gasteiger charge is -2.06. The minimum atomic E-state index is -0.102. The van der Waals surface area contributed by atoms with Crippen LogP contribution in [-0.2, 0) is 4.79 Å². The maximum atomic E-state index is 12.3. The zero-order valence-corrected chi connectivity index (χ0v) is 12.5. The molecule has 1 N–H and O–H groups in total. The number of hydrogen-bond donors (Lipinski definition) is 1. The summed E-state index contributed by atoms with van der Waals surface area (Å²) in [4.78, 5) is 19.8. The molecule has 0 fully saturated rings. The van der Waals surface area contributed by atoms with E-state index >= 15 is 0 Å². The molecule has 0 spiro atoms. The molecule has 0 saturated heterocycles. The van der Waals surface area contributed by atoms with Crippen LogP contribution < -0.4 is 9.75 Å². The van der Waals surface area contributed by atoms with Gasteiger partial charge in [0, 0.05) is 0 Å². The molecule has 1 aliphatic heterocycles. The molecule has 0 radical (unpaired) electrons. The number of aromatic nitrogens is 2. The zero-order chi connectivity index (χ0) is 15.8. The van der Waals surface area contributed by atoms with Crippen molar-refractivity contribution in [2.24, 2.45) is 5.10 Å². The van der Waals surface area contributed by atoms with Gasteiger partial charge in [0.15, 0.2) is 0 Å². The van der Waals surface area contributed by atoms with E-state index < -0.39 is 0 Å². The minimum Gasteiger partial charge on any atom is -0.497 e. The van der Waals surface area contributed by atoms with Gasteiger partial charge in [0.25, 0.3) is 5.91 Å². The Morgan fingerprint density at radius 1 is 1.13 bits per heavy atom. The molecule has 1 amide bonds. The van der Waals surface area contributed by atoms with Crippen molar-refractivity contribution in [1.29, 1.82) is 0 Å². The van der Waals surface area contributed by atoms with E-state index in [-0.39, 0.29) is 12.3 Å². The summed E-state index contributed by atoms with van der Waals surface area (Å²) in [7, 11) is 1.62. The largest absolute Gasteiger partial charge is 0.497 e. The maximum absolute atomic E-state index is 12.3. The van der Waals surface area contributed by atoms with E-state index in [9.17, 15) is 4.79 Å². The number of amides is 1. The number of carbonyl (C=O) groups is 1. The summed E-state index contributed by atoms with van der Waals surface area (Å²) >= 11 is 0. The number of hydrogen-bond acceptors (Lipinski definition) is 4. The number of hydrazone groups is 1. The molecule has 6 heteroatoms. The Hall–Kier alpha value is -3.15. The van der Waals surface area contributed by atoms with Gasteiger partial charge in [-0.05, 0) is 42.0 Å². The average molecular weight is 306 g/mol. The number of benzene rings is 2. The number of aromatic amines is 1. The fourth-order valence-electron chi connectivity index (χ4n) is 2.58. The number of imidazole rings is 1. The third-order valence-electron chi connectivity index (χ3n) is 3.78. The Kier molecular flexibility index (Phi) is 3.08. The van der Waals surface area contributed by atoms with Crippen LogP contribution in [-0.4, -0.2) is 28.7 Å². The van der Waals surface area contributed by atoms with Gasteiger partial charge >= 0.3 is 0 Å². The molecule has 1 aliphatic rings. The summed E-state index contributed by atoms with van der Waals surface area (Å²) in [6.07, 6.45) is 0.253. The highest BCUT2D eigenvalue weighted by Gasteiger charge is 2.28. The molecule has 0 bridgehead atoms. The number of ether oxygens (including phenoxy) is 1. The summed E-state index contributed by atoms with van der Waals surface area (Å²) in [5.74, 6) is 1.11. The van der Waals surface area contributed by atoms with Gasteiger partial charge < -0.3 is 9.72 Å². The van der Waals surface area contributed by atoms with Crippen molar-refractivity contribution in [1.82, 2.24) is 9.97 Å². The van der Waals surface area contributed by atoms with Gasteiger partial charge in [0.1, 0.15) is 5.75 Å². The molecular formula is C17H14N4O2. The highest BCUT2D eigenvalue weighted by molar-refractivity contribution is 6.19. The third kappa shape index (κ3) is 2.34. The van der Waals surface area contributed by atoms with E-state index in [4.69, 9.17) is 4.74 Å². The SMILES string of the molecule is COc1ccc(C2=NN(c3nc4ccccc4[nH]3)C(=O)C2)cc1. The van der Waals surface area contributed by atoms with Gasteiger partial charge in [-0.3, -0.25) is 4.79 Å². The maximum Gasteiger partial charge on any atom is 0.256 e. The predicted molar refractivity (Wildman–Crippen MR) is 87.7 cm³/mol. The topological polar surface area (TPSA) is 70.6 Å². The number of H-pyrrole nitrogens is 1. The molecule has 3 aromatic rings. The fourth-order valence-corrected chi connectivity index (χ4v) is 2.58. The molecule has 114 valence electrons. The van der Waals surface area contributed by atoms with Crippen molar-refractivity contribution in [3.8, 4) is 5.75 Å². The number of fused-ring (bicyclic) bond motifs is 1. The average Bonchev–Trinajstić information content (AvgIpc) is 3.18. The van der Waals surface area contributed by atoms with Crippen LogP contribution in [0.15, 0.2) is 53.6 Å². The van der Waals surface area contributed by atoms with E-state index in [2.05, 4.69) is 15.1 Å². The van der Waals surface area contributed by atoms with Crippen LogP contribution in [0.25, 0.3) is 11.0 Å². The first-order chi connectivity index (χ1) is 11.2. The summed E-state index contributed by atoms with van der Waals surface area (Å²) in [6, 6.07) is 15.1. The number of nitrogens with one attached hydrogen (secondary N) is 1. The normalized spacial score (nSPS) is 14.4. The van der Waals surface area contributed by atoms with Gasteiger partial charge in [-0.2, -0.15) is 10.1 Å². The van der Waals surface area contributed by atoms with Crippen LogP contribution in [0.3, 0.4) is 0 Å². The van der Waals surface area contributed by atoms with Gasteiger partial charge in [0.2, 0.25) is 5.95 Å².